The zero-order valence-corrected chi connectivity index (χ0v) is 13.1. The van der Waals surface area contributed by atoms with Crippen LogP contribution in [-0.2, 0) is 16.1 Å². The molecule has 0 spiro atoms. The summed E-state index contributed by atoms with van der Waals surface area (Å²) in [7, 11) is 0. The van der Waals surface area contributed by atoms with Gasteiger partial charge in [-0.25, -0.2) is 4.98 Å². The number of rotatable bonds is 6. The summed E-state index contributed by atoms with van der Waals surface area (Å²) in [4.78, 5) is 18.2. The molecule has 2 aromatic rings. The van der Waals surface area contributed by atoms with E-state index in [1.807, 2.05) is 19.1 Å². The molecule has 0 aromatic carbocycles. The Morgan fingerprint density at radius 1 is 1.57 bits per heavy atom. The van der Waals surface area contributed by atoms with Crippen molar-refractivity contribution in [2.24, 2.45) is 0 Å². The van der Waals surface area contributed by atoms with E-state index >= 15 is 0 Å². The maximum atomic E-state index is 12.2. The molecule has 8 heteroatoms. The molecule has 0 aliphatic carbocycles. The highest BCUT2D eigenvalue weighted by Gasteiger charge is 2.23. The molecule has 8 nitrogen and oxygen atoms in total. The van der Waals surface area contributed by atoms with E-state index in [0.29, 0.717) is 26.2 Å². The minimum atomic E-state index is -0.135. The average molecular weight is 319 g/mol. The van der Waals surface area contributed by atoms with Crippen LogP contribution in [0.4, 0.5) is 0 Å². The number of nitrogens with one attached hydrogen (secondary N) is 1. The summed E-state index contributed by atoms with van der Waals surface area (Å²) in [6.07, 6.45) is 4.79. The van der Waals surface area contributed by atoms with Gasteiger partial charge in [-0.2, -0.15) is 5.10 Å². The van der Waals surface area contributed by atoms with Crippen LogP contribution in [0.3, 0.4) is 0 Å². The van der Waals surface area contributed by atoms with Crippen molar-refractivity contribution in [1.82, 2.24) is 25.0 Å². The molecule has 1 amide bonds. The molecule has 1 aliphatic rings. The zero-order chi connectivity index (χ0) is 16.1. The molecule has 124 valence electrons. The summed E-state index contributed by atoms with van der Waals surface area (Å²) in [5, 5.41) is 7.03. The highest BCUT2D eigenvalue weighted by molar-refractivity contribution is 5.78. The van der Waals surface area contributed by atoms with E-state index in [-0.39, 0.29) is 18.1 Å². The van der Waals surface area contributed by atoms with Gasteiger partial charge in [-0.05, 0) is 19.1 Å². The zero-order valence-electron chi connectivity index (χ0n) is 13.1. The summed E-state index contributed by atoms with van der Waals surface area (Å²) in [6.45, 7) is 4.95. The summed E-state index contributed by atoms with van der Waals surface area (Å²) in [5.74, 6) is 0.736. The Kier molecular flexibility index (Phi) is 5.04. The van der Waals surface area contributed by atoms with Crippen molar-refractivity contribution in [2.75, 3.05) is 26.2 Å². The normalized spacial score (nSPS) is 20.3. The summed E-state index contributed by atoms with van der Waals surface area (Å²) in [5.41, 5.74) is 0. The van der Waals surface area contributed by atoms with Gasteiger partial charge < -0.3 is 14.5 Å². The largest absolute Gasteiger partial charge is 0.467 e. The molecule has 3 rings (SSSR count). The highest BCUT2D eigenvalue weighted by atomic mass is 16.5. The van der Waals surface area contributed by atoms with Crippen LogP contribution < -0.4 is 5.32 Å². The molecule has 1 N–H and O–H groups in total. The molecule has 0 unspecified atom stereocenters. The standard InChI is InChI=1S/C15H21N5O3/c1-12(14-3-2-5-23-14)18-15(21)9-19-4-6-22-13(7-19)8-20-11-16-10-17-20/h2-3,5,10-13H,4,6-9H2,1H3,(H,18,21)/t12-,13-/m0/s1. The minimum Gasteiger partial charge on any atom is -0.467 e. The Bertz CT molecular complexity index is 599. The van der Waals surface area contributed by atoms with Crippen LogP contribution in [0.15, 0.2) is 35.5 Å². The van der Waals surface area contributed by atoms with Crippen LogP contribution in [0, 0.1) is 0 Å². The van der Waals surface area contributed by atoms with E-state index in [9.17, 15) is 4.79 Å². The van der Waals surface area contributed by atoms with E-state index in [4.69, 9.17) is 9.15 Å². The Labute approximate surface area is 134 Å². The fraction of sp³-hybridized carbons (Fsp3) is 0.533. The lowest BCUT2D eigenvalue weighted by atomic mass is 10.2. The van der Waals surface area contributed by atoms with E-state index in [0.717, 1.165) is 12.3 Å². The molecule has 1 saturated heterocycles. The number of aromatic nitrogens is 3. The lowest BCUT2D eigenvalue weighted by Crippen LogP contribution is -2.48. The molecule has 0 bridgehead atoms. The van der Waals surface area contributed by atoms with Gasteiger partial charge in [0.1, 0.15) is 18.4 Å². The number of hydrogen-bond donors (Lipinski definition) is 1. The quantitative estimate of drug-likeness (QED) is 0.832. The number of nitrogens with zero attached hydrogens (tertiary/aromatic N) is 4. The van der Waals surface area contributed by atoms with Gasteiger partial charge in [0.15, 0.2) is 0 Å². The second-order valence-electron chi connectivity index (χ2n) is 5.65. The summed E-state index contributed by atoms with van der Waals surface area (Å²) in [6, 6.07) is 3.53. The minimum absolute atomic E-state index is 0.0146. The molecule has 2 atom stereocenters. The topological polar surface area (TPSA) is 85.4 Å². The Morgan fingerprint density at radius 2 is 2.48 bits per heavy atom. The van der Waals surface area contributed by atoms with Crippen molar-refractivity contribution < 1.29 is 13.9 Å². The highest BCUT2D eigenvalue weighted by Crippen LogP contribution is 2.12. The van der Waals surface area contributed by atoms with Crippen molar-refractivity contribution in [3.63, 3.8) is 0 Å². The molecule has 1 fully saturated rings. The number of carbonyl (C=O) groups is 1. The lowest BCUT2D eigenvalue weighted by molar-refractivity contribution is -0.125. The van der Waals surface area contributed by atoms with Gasteiger partial charge in [0.2, 0.25) is 5.91 Å². The van der Waals surface area contributed by atoms with Gasteiger partial charge in [0, 0.05) is 13.1 Å². The SMILES string of the molecule is C[C@H](NC(=O)CN1CCO[C@H](Cn2cncn2)C1)c1ccco1. The summed E-state index contributed by atoms with van der Waals surface area (Å²) < 4.78 is 12.8. The van der Waals surface area contributed by atoms with Gasteiger partial charge >= 0.3 is 0 Å². The fourth-order valence-electron chi connectivity index (χ4n) is 2.67. The fourth-order valence-corrected chi connectivity index (χ4v) is 2.67. The lowest BCUT2D eigenvalue weighted by Gasteiger charge is -2.32. The first-order valence-corrected chi connectivity index (χ1v) is 7.70. The van der Waals surface area contributed by atoms with Gasteiger partial charge in [-0.1, -0.05) is 0 Å². The third kappa shape index (κ3) is 4.40. The smallest absolute Gasteiger partial charge is 0.234 e. The van der Waals surface area contributed by atoms with Gasteiger partial charge in [0.05, 0.1) is 38.1 Å². The first kappa shape index (κ1) is 15.7. The molecule has 3 heterocycles. The van der Waals surface area contributed by atoms with Crippen LogP contribution in [-0.4, -0.2) is 57.9 Å². The van der Waals surface area contributed by atoms with Crippen LogP contribution in [0.1, 0.15) is 18.7 Å². The number of morpholine rings is 1. The van der Waals surface area contributed by atoms with E-state index in [2.05, 4.69) is 20.3 Å². The third-order valence-electron chi connectivity index (χ3n) is 3.79. The molecule has 0 saturated carbocycles. The maximum absolute atomic E-state index is 12.2. The van der Waals surface area contributed by atoms with Crippen molar-refractivity contribution in [1.29, 1.82) is 0 Å². The molecular weight excluding hydrogens is 298 g/mol. The van der Waals surface area contributed by atoms with E-state index < -0.39 is 0 Å². The number of furan rings is 1. The molecule has 0 radical (unpaired) electrons. The molecular formula is C15H21N5O3. The maximum Gasteiger partial charge on any atom is 0.234 e. The molecule has 1 aliphatic heterocycles. The first-order valence-electron chi connectivity index (χ1n) is 7.70. The number of carbonyl (C=O) groups excluding carboxylic acids is 1. The van der Waals surface area contributed by atoms with Crippen LogP contribution >= 0.6 is 0 Å². The van der Waals surface area contributed by atoms with Crippen molar-refractivity contribution >= 4 is 5.91 Å². The van der Waals surface area contributed by atoms with Crippen LogP contribution in [0.25, 0.3) is 0 Å². The Balaban J connectivity index is 1.46. The Morgan fingerprint density at radius 3 is 3.22 bits per heavy atom. The van der Waals surface area contributed by atoms with Crippen molar-refractivity contribution in [3.05, 3.63) is 36.8 Å². The number of ether oxygens (including phenoxy) is 1. The van der Waals surface area contributed by atoms with Crippen molar-refractivity contribution in [2.45, 2.75) is 25.6 Å². The van der Waals surface area contributed by atoms with Crippen molar-refractivity contribution in [3.8, 4) is 0 Å². The predicted molar refractivity (Wildman–Crippen MR) is 81.5 cm³/mol. The van der Waals surface area contributed by atoms with Crippen LogP contribution in [0.2, 0.25) is 0 Å². The predicted octanol–water partition coefficient (Wildman–Crippen LogP) is 0.449. The molecule has 23 heavy (non-hydrogen) atoms. The van der Waals surface area contributed by atoms with Gasteiger partial charge in [-0.15, -0.1) is 0 Å². The average Bonchev–Trinajstić information content (AvgIpc) is 3.20. The van der Waals surface area contributed by atoms with Gasteiger partial charge in [-0.3, -0.25) is 14.4 Å². The Hall–Kier alpha value is -2.19. The van der Waals surface area contributed by atoms with Gasteiger partial charge in [0.25, 0.3) is 0 Å². The number of amides is 1. The van der Waals surface area contributed by atoms with Crippen LogP contribution in [0.5, 0.6) is 0 Å². The second-order valence-corrected chi connectivity index (χ2v) is 5.65. The number of hydrogen-bond acceptors (Lipinski definition) is 6. The summed E-state index contributed by atoms with van der Waals surface area (Å²) >= 11 is 0. The third-order valence-corrected chi connectivity index (χ3v) is 3.79. The first-order chi connectivity index (χ1) is 11.2. The van der Waals surface area contributed by atoms with E-state index in [1.54, 1.807) is 17.3 Å². The second kappa shape index (κ2) is 7.38. The molecule has 2 aromatic heterocycles. The van der Waals surface area contributed by atoms with E-state index in [1.165, 1.54) is 6.33 Å². The monoisotopic (exact) mass is 319 g/mol.